The second-order valence-corrected chi connectivity index (χ2v) is 7.22. The largest absolute Gasteiger partial charge is 0.352 e. The lowest BCUT2D eigenvalue weighted by atomic mass is 9.84. The van der Waals surface area contributed by atoms with E-state index in [2.05, 4.69) is 17.3 Å². The van der Waals surface area contributed by atoms with E-state index in [1.807, 2.05) is 13.8 Å². The fourth-order valence-corrected chi connectivity index (χ4v) is 4.41. The molecule has 0 radical (unpaired) electrons. The predicted octanol–water partition coefficient (Wildman–Crippen LogP) is 3.09. The van der Waals surface area contributed by atoms with Crippen LogP contribution in [0.15, 0.2) is 0 Å². The Labute approximate surface area is 131 Å². The predicted molar refractivity (Wildman–Crippen MR) is 83.3 cm³/mol. The van der Waals surface area contributed by atoms with Crippen LogP contribution in [0.5, 0.6) is 0 Å². The van der Waals surface area contributed by atoms with Crippen molar-refractivity contribution in [2.75, 3.05) is 0 Å². The highest BCUT2D eigenvalue weighted by molar-refractivity contribution is 6.31. The Balaban J connectivity index is 1.57. The molecule has 1 aromatic heterocycles. The second kappa shape index (κ2) is 5.64. The third-order valence-corrected chi connectivity index (χ3v) is 5.96. The Hall–Kier alpha value is -1.03. The standard InChI is InChI=1S/C16H24ClN3O/c1-9(14-7-12-4-5-13(14)6-12)18-15(21)8-20-11(3)16(17)10(2)19-20/h9,12-14H,4-8H2,1-3H3,(H,18,21). The summed E-state index contributed by atoms with van der Waals surface area (Å²) >= 11 is 6.12. The summed E-state index contributed by atoms with van der Waals surface area (Å²) in [6.45, 7) is 6.17. The van der Waals surface area contributed by atoms with E-state index in [-0.39, 0.29) is 18.5 Å². The fraction of sp³-hybridized carbons (Fsp3) is 0.750. The van der Waals surface area contributed by atoms with Crippen molar-refractivity contribution >= 4 is 17.5 Å². The van der Waals surface area contributed by atoms with Crippen molar-refractivity contribution in [2.24, 2.45) is 17.8 Å². The molecular weight excluding hydrogens is 286 g/mol. The molecule has 1 amide bonds. The van der Waals surface area contributed by atoms with Gasteiger partial charge in [0.05, 0.1) is 16.4 Å². The molecule has 2 fully saturated rings. The minimum atomic E-state index is 0.0348. The van der Waals surface area contributed by atoms with Gasteiger partial charge >= 0.3 is 0 Å². The number of fused-ring (bicyclic) bond motifs is 2. The van der Waals surface area contributed by atoms with Gasteiger partial charge in [0, 0.05) is 6.04 Å². The van der Waals surface area contributed by atoms with E-state index in [4.69, 9.17) is 11.6 Å². The van der Waals surface area contributed by atoms with E-state index in [1.165, 1.54) is 25.7 Å². The van der Waals surface area contributed by atoms with Crippen LogP contribution in [0.2, 0.25) is 5.02 Å². The van der Waals surface area contributed by atoms with Crippen molar-refractivity contribution < 1.29 is 4.79 Å². The van der Waals surface area contributed by atoms with Crippen LogP contribution in [0.4, 0.5) is 0 Å². The summed E-state index contributed by atoms with van der Waals surface area (Å²) in [7, 11) is 0. The van der Waals surface area contributed by atoms with E-state index >= 15 is 0 Å². The highest BCUT2D eigenvalue weighted by Gasteiger charge is 2.42. The van der Waals surface area contributed by atoms with E-state index in [9.17, 15) is 4.79 Å². The minimum Gasteiger partial charge on any atom is -0.352 e. The van der Waals surface area contributed by atoms with Crippen LogP contribution in [0.25, 0.3) is 0 Å². The third kappa shape index (κ3) is 2.83. The Morgan fingerprint density at radius 1 is 1.43 bits per heavy atom. The van der Waals surface area contributed by atoms with Gasteiger partial charge in [-0.05, 0) is 57.8 Å². The molecule has 116 valence electrons. The molecule has 2 saturated carbocycles. The van der Waals surface area contributed by atoms with E-state index < -0.39 is 0 Å². The van der Waals surface area contributed by atoms with Crippen LogP contribution < -0.4 is 5.32 Å². The first-order valence-corrected chi connectivity index (χ1v) is 8.32. The van der Waals surface area contributed by atoms with Gasteiger partial charge in [0.15, 0.2) is 0 Å². The molecule has 0 aromatic carbocycles. The van der Waals surface area contributed by atoms with Crippen molar-refractivity contribution in [3.63, 3.8) is 0 Å². The van der Waals surface area contributed by atoms with E-state index in [1.54, 1.807) is 4.68 Å². The van der Waals surface area contributed by atoms with Gasteiger partial charge in [-0.25, -0.2) is 0 Å². The summed E-state index contributed by atoms with van der Waals surface area (Å²) in [4.78, 5) is 12.2. The van der Waals surface area contributed by atoms with Crippen molar-refractivity contribution in [1.29, 1.82) is 0 Å². The van der Waals surface area contributed by atoms with Crippen molar-refractivity contribution in [3.8, 4) is 0 Å². The molecular formula is C16H24ClN3O. The highest BCUT2D eigenvalue weighted by Crippen LogP contribution is 2.49. The molecule has 2 aliphatic rings. The van der Waals surface area contributed by atoms with Crippen LogP contribution in [0.3, 0.4) is 0 Å². The van der Waals surface area contributed by atoms with Gasteiger partial charge in [-0.3, -0.25) is 9.48 Å². The number of rotatable bonds is 4. The van der Waals surface area contributed by atoms with Gasteiger partial charge in [-0.2, -0.15) is 5.10 Å². The summed E-state index contributed by atoms with van der Waals surface area (Å²) in [6, 6.07) is 0.264. The number of carbonyl (C=O) groups excluding carboxylic acids is 1. The summed E-state index contributed by atoms with van der Waals surface area (Å²) in [5.74, 6) is 2.44. The van der Waals surface area contributed by atoms with Gasteiger partial charge in [0.1, 0.15) is 6.54 Å². The Bertz CT molecular complexity index is 554. The number of aromatic nitrogens is 2. The topological polar surface area (TPSA) is 46.9 Å². The molecule has 0 spiro atoms. The zero-order chi connectivity index (χ0) is 15.1. The average molecular weight is 310 g/mol. The van der Waals surface area contributed by atoms with Crippen molar-refractivity contribution in [1.82, 2.24) is 15.1 Å². The molecule has 2 aliphatic carbocycles. The lowest BCUT2D eigenvalue weighted by Gasteiger charge is -2.28. The molecule has 0 aliphatic heterocycles. The second-order valence-electron chi connectivity index (χ2n) is 6.84. The maximum atomic E-state index is 12.2. The summed E-state index contributed by atoms with van der Waals surface area (Å²) < 4.78 is 1.69. The summed E-state index contributed by atoms with van der Waals surface area (Å²) in [6.07, 6.45) is 5.41. The summed E-state index contributed by atoms with van der Waals surface area (Å²) in [5.41, 5.74) is 1.64. The van der Waals surface area contributed by atoms with Gasteiger partial charge in [0.2, 0.25) is 5.91 Å². The van der Waals surface area contributed by atoms with Gasteiger partial charge in [0.25, 0.3) is 0 Å². The molecule has 4 atom stereocenters. The molecule has 3 rings (SSSR count). The number of halogens is 1. The number of nitrogens with one attached hydrogen (secondary N) is 1. The Morgan fingerprint density at radius 3 is 2.71 bits per heavy atom. The smallest absolute Gasteiger partial charge is 0.241 e. The molecule has 2 bridgehead atoms. The minimum absolute atomic E-state index is 0.0348. The number of hydrogen-bond donors (Lipinski definition) is 1. The molecule has 21 heavy (non-hydrogen) atoms. The van der Waals surface area contributed by atoms with Gasteiger partial charge in [-0.1, -0.05) is 18.0 Å². The number of hydrogen-bond acceptors (Lipinski definition) is 2. The molecule has 1 heterocycles. The SMILES string of the molecule is Cc1nn(CC(=O)NC(C)C2CC3CCC2C3)c(C)c1Cl. The number of nitrogens with zero attached hydrogens (tertiary/aromatic N) is 2. The molecule has 1 aromatic rings. The van der Waals surface area contributed by atoms with Crippen molar-refractivity contribution in [2.45, 2.75) is 59.0 Å². The lowest BCUT2D eigenvalue weighted by molar-refractivity contribution is -0.123. The third-order valence-electron chi connectivity index (χ3n) is 5.41. The van der Waals surface area contributed by atoms with Gasteiger partial charge in [-0.15, -0.1) is 0 Å². The maximum absolute atomic E-state index is 12.2. The van der Waals surface area contributed by atoms with Gasteiger partial charge < -0.3 is 5.32 Å². The zero-order valence-corrected chi connectivity index (χ0v) is 13.8. The molecule has 4 nitrogen and oxygen atoms in total. The van der Waals surface area contributed by atoms with Crippen LogP contribution >= 0.6 is 11.6 Å². The molecule has 1 N–H and O–H groups in total. The molecule has 5 heteroatoms. The Kier molecular flexibility index (Phi) is 4.00. The van der Waals surface area contributed by atoms with E-state index in [0.717, 1.165) is 23.2 Å². The van der Waals surface area contributed by atoms with Crippen molar-refractivity contribution in [3.05, 3.63) is 16.4 Å². The zero-order valence-electron chi connectivity index (χ0n) is 13.0. The average Bonchev–Trinajstić information content (AvgIpc) is 3.11. The Morgan fingerprint density at radius 2 is 2.19 bits per heavy atom. The van der Waals surface area contributed by atoms with Crippen LogP contribution in [-0.2, 0) is 11.3 Å². The number of amides is 1. The molecule has 4 unspecified atom stereocenters. The first-order valence-electron chi connectivity index (χ1n) is 7.94. The number of aryl methyl sites for hydroxylation is 1. The first kappa shape index (κ1) is 14.9. The molecule has 0 saturated heterocycles. The fourth-order valence-electron chi connectivity index (χ4n) is 4.28. The summed E-state index contributed by atoms with van der Waals surface area (Å²) in [5, 5.41) is 8.14. The monoisotopic (exact) mass is 309 g/mol. The normalized spacial score (nSPS) is 28.9. The van der Waals surface area contributed by atoms with Crippen LogP contribution in [0, 0.1) is 31.6 Å². The van der Waals surface area contributed by atoms with E-state index in [0.29, 0.717) is 10.9 Å². The first-order chi connectivity index (χ1) is 9.95. The highest BCUT2D eigenvalue weighted by atomic mass is 35.5. The lowest BCUT2D eigenvalue weighted by Crippen LogP contribution is -2.41. The maximum Gasteiger partial charge on any atom is 0.241 e. The quantitative estimate of drug-likeness (QED) is 0.929. The number of carbonyl (C=O) groups is 1. The van der Waals surface area contributed by atoms with Crippen LogP contribution in [0.1, 0.15) is 44.0 Å². The van der Waals surface area contributed by atoms with Crippen LogP contribution in [-0.4, -0.2) is 21.7 Å².